The molecule has 1 aromatic heterocycles. The van der Waals surface area contributed by atoms with Crippen LogP contribution in [0.1, 0.15) is 23.1 Å². The maximum absolute atomic E-state index is 14.1. The standard InChI is InChI=1S/C38H47FN6O7/c1-25-19-28(39)20-26(2)35(25)52-38(46)45(24-27-21-30(47-4)9-10-31(27)48-5)34-11-12-40-37(42-34)41-29-22-32(49-6)36(50-7)33(23-29)51-18-8-13-44-16-14-43(3)15-17-44/h9-12,19-23H,8,13-18,24H2,1-7H3,(H,40,41,42). The van der Waals surface area contributed by atoms with Crippen LogP contribution in [-0.4, -0.2) is 101 Å². The Kier molecular flexibility index (Phi) is 12.9. The van der Waals surface area contributed by atoms with Gasteiger partial charge in [-0.25, -0.2) is 14.2 Å². The molecule has 3 aromatic carbocycles. The van der Waals surface area contributed by atoms with Gasteiger partial charge in [-0.05, 0) is 74.8 Å². The highest BCUT2D eigenvalue weighted by molar-refractivity contribution is 5.88. The van der Waals surface area contributed by atoms with E-state index in [4.69, 9.17) is 33.4 Å². The van der Waals surface area contributed by atoms with E-state index in [-0.39, 0.29) is 24.1 Å². The van der Waals surface area contributed by atoms with Crippen molar-refractivity contribution in [2.24, 2.45) is 0 Å². The van der Waals surface area contributed by atoms with Crippen LogP contribution in [0.3, 0.4) is 0 Å². The number of hydrogen-bond donors (Lipinski definition) is 1. The highest BCUT2D eigenvalue weighted by atomic mass is 19.1. The van der Waals surface area contributed by atoms with Gasteiger partial charge in [0.25, 0.3) is 0 Å². The molecule has 1 saturated heterocycles. The van der Waals surface area contributed by atoms with E-state index in [9.17, 15) is 9.18 Å². The first-order valence-electron chi connectivity index (χ1n) is 17.0. The Morgan fingerprint density at radius 1 is 0.865 bits per heavy atom. The van der Waals surface area contributed by atoms with Crippen molar-refractivity contribution in [3.05, 3.63) is 77.2 Å². The lowest BCUT2D eigenvalue weighted by Crippen LogP contribution is -2.44. The summed E-state index contributed by atoms with van der Waals surface area (Å²) < 4.78 is 48.5. The number of piperazine rings is 1. The maximum Gasteiger partial charge on any atom is 0.421 e. The molecular weight excluding hydrogens is 671 g/mol. The fourth-order valence-corrected chi connectivity index (χ4v) is 5.96. The first kappa shape index (κ1) is 37.9. The number of likely N-dealkylation sites (N-methyl/N-ethyl adjacent to an activating group) is 1. The molecule has 0 atom stereocenters. The van der Waals surface area contributed by atoms with E-state index in [1.807, 2.05) is 0 Å². The van der Waals surface area contributed by atoms with Gasteiger partial charge >= 0.3 is 6.09 Å². The number of amides is 1. The van der Waals surface area contributed by atoms with Gasteiger partial charge in [-0.15, -0.1) is 0 Å². The fraction of sp³-hybridized carbons (Fsp3) is 0.395. The molecule has 1 aliphatic rings. The molecule has 0 spiro atoms. The lowest BCUT2D eigenvalue weighted by atomic mass is 10.1. The van der Waals surface area contributed by atoms with Crippen molar-refractivity contribution >= 4 is 23.5 Å². The highest BCUT2D eigenvalue weighted by Crippen LogP contribution is 2.41. The molecule has 0 saturated carbocycles. The molecule has 1 amide bonds. The van der Waals surface area contributed by atoms with E-state index in [1.54, 1.807) is 78.7 Å². The number of anilines is 3. The normalized spacial score (nSPS) is 13.3. The van der Waals surface area contributed by atoms with Gasteiger partial charge < -0.3 is 43.5 Å². The zero-order valence-electron chi connectivity index (χ0n) is 30.8. The Labute approximate surface area is 304 Å². The Hall–Kier alpha value is -5.34. The number of methoxy groups -OCH3 is 4. The summed E-state index contributed by atoms with van der Waals surface area (Å²) in [5.74, 6) is 2.77. The summed E-state index contributed by atoms with van der Waals surface area (Å²) in [4.78, 5) is 29.2. The van der Waals surface area contributed by atoms with Gasteiger partial charge in [0.15, 0.2) is 11.5 Å². The molecule has 0 aliphatic carbocycles. The van der Waals surface area contributed by atoms with Crippen molar-refractivity contribution in [2.45, 2.75) is 26.8 Å². The minimum atomic E-state index is -0.745. The number of aromatic nitrogens is 2. The lowest BCUT2D eigenvalue weighted by molar-refractivity contribution is 0.145. The average Bonchev–Trinajstić information content (AvgIpc) is 3.14. The van der Waals surface area contributed by atoms with Crippen LogP contribution in [0.15, 0.2) is 54.7 Å². The molecule has 1 N–H and O–H groups in total. The van der Waals surface area contributed by atoms with Crippen LogP contribution in [-0.2, 0) is 6.54 Å². The summed E-state index contributed by atoms with van der Waals surface area (Å²) in [6.45, 7) is 8.98. The molecule has 4 aromatic rings. The fourth-order valence-electron chi connectivity index (χ4n) is 5.96. The zero-order chi connectivity index (χ0) is 37.2. The summed E-state index contributed by atoms with van der Waals surface area (Å²) in [7, 11) is 8.36. The van der Waals surface area contributed by atoms with Gasteiger partial charge in [0, 0.05) is 62.3 Å². The maximum atomic E-state index is 14.1. The van der Waals surface area contributed by atoms with E-state index in [0.717, 1.165) is 39.1 Å². The summed E-state index contributed by atoms with van der Waals surface area (Å²) in [6.07, 6.45) is 1.63. The van der Waals surface area contributed by atoms with Crippen molar-refractivity contribution in [3.8, 4) is 34.5 Å². The van der Waals surface area contributed by atoms with Gasteiger partial charge in [-0.2, -0.15) is 4.98 Å². The molecule has 0 unspecified atom stereocenters. The van der Waals surface area contributed by atoms with E-state index >= 15 is 0 Å². The van der Waals surface area contributed by atoms with Crippen LogP contribution in [0.2, 0.25) is 0 Å². The van der Waals surface area contributed by atoms with E-state index < -0.39 is 11.9 Å². The summed E-state index contributed by atoms with van der Waals surface area (Å²) >= 11 is 0. The van der Waals surface area contributed by atoms with E-state index in [2.05, 4.69) is 27.1 Å². The lowest BCUT2D eigenvalue weighted by Gasteiger charge is -2.32. The second kappa shape index (κ2) is 17.7. The number of rotatable bonds is 15. The van der Waals surface area contributed by atoms with Gasteiger partial charge in [0.2, 0.25) is 11.7 Å². The third kappa shape index (κ3) is 9.50. The monoisotopic (exact) mass is 718 g/mol. The van der Waals surface area contributed by atoms with Crippen molar-refractivity contribution < 1.29 is 37.6 Å². The van der Waals surface area contributed by atoms with Crippen molar-refractivity contribution in [1.29, 1.82) is 0 Å². The SMILES string of the molecule is COc1ccc(OC)c(CN(C(=O)Oc2c(C)cc(F)cc2C)c2ccnc(Nc3cc(OC)c(OC)c(OCCCN4CCN(C)CC4)c3)n2)c1. The van der Waals surface area contributed by atoms with Crippen molar-refractivity contribution in [3.63, 3.8) is 0 Å². The van der Waals surface area contributed by atoms with E-state index in [1.165, 1.54) is 23.2 Å². The number of carbonyl (C=O) groups is 1. The van der Waals surface area contributed by atoms with Gasteiger partial charge in [-0.3, -0.25) is 4.90 Å². The quantitative estimate of drug-likeness (QED) is 0.140. The van der Waals surface area contributed by atoms with Crippen LogP contribution in [0, 0.1) is 19.7 Å². The van der Waals surface area contributed by atoms with Crippen LogP contribution >= 0.6 is 0 Å². The molecule has 1 aliphatic heterocycles. The molecule has 5 rings (SSSR count). The van der Waals surface area contributed by atoms with Crippen LogP contribution in [0.4, 0.5) is 26.6 Å². The van der Waals surface area contributed by atoms with Gasteiger partial charge in [-0.1, -0.05) is 0 Å². The van der Waals surface area contributed by atoms with Crippen molar-refractivity contribution in [1.82, 2.24) is 19.8 Å². The second-order valence-corrected chi connectivity index (χ2v) is 12.4. The summed E-state index contributed by atoms with van der Waals surface area (Å²) in [6, 6.07) is 13.0. The van der Waals surface area contributed by atoms with Gasteiger partial charge in [0.05, 0.1) is 41.6 Å². The van der Waals surface area contributed by atoms with Crippen LogP contribution in [0.25, 0.3) is 0 Å². The molecule has 13 nitrogen and oxygen atoms in total. The number of hydrogen-bond acceptors (Lipinski definition) is 12. The first-order chi connectivity index (χ1) is 25.1. The molecule has 52 heavy (non-hydrogen) atoms. The van der Waals surface area contributed by atoms with Gasteiger partial charge in [0.1, 0.15) is 28.9 Å². The number of benzene rings is 3. The van der Waals surface area contributed by atoms with E-state index in [0.29, 0.717) is 57.7 Å². The second-order valence-electron chi connectivity index (χ2n) is 12.4. The Bertz CT molecular complexity index is 1810. The number of halogens is 1. The summed E-state index contributed by atoms with van der Waals surface area (Å²) in [5.41, 5.74) is 2.15. The smallest absolute Gasteiger partial charge is 0.421 e. The molecular formula is C38H47FN6O7. The third-order valence-electron chi connectivity index (χ3n) is 8.74. The third-order valence-corrected chi connectivity index (χ3v) is 8.74. The van der Waals surface area contributed by atoms with Crippen LogP contribution in [0.5, 0.6) is 34.5 Å². The number of carbonyl (C=O) groups excluding carboxylic acids is 1. The highest BCUT2D eigenvalue weighted by Gasteiger charge is 2.25. The minimum absolute atomic E-state index is 0.00255. The molecule has 0 bridgehead atoms. The zero-order valence-corrected chi connectivity index (χ0v) is 30.8. The average molecular weight is 719 g/mol. The first-order valence-corrected chi connectivity index (χ1v) is 17.0. The number of aryl methyl sites for hydroxylation is 2. The largest absolute Gasteiger partial charge is 0.497 e. The minimum Gasteiger partial charge on any atom is -0.497 e. The summed E-state index contributed by atoms with van der Waals surface area (Å²) in [5, 5.41) is 3.21. The Morgan fingerprint density at radius 2 is 1.58 bits per heavy atom. The molecule has 14 heteroatoms. The predicted molar refractivity (Wildman–Crippen MR) is 197 cm³/mol. The molecule has 278 valence electrons. The topological polar surface area (TPSA) is 120 Å². The van der Waals surface area contributed by atoms with Crippen LogP contribution < -0.4 is 38.6 Å². The Balaban J connectivity index is 1.41. The number of nitrogens with one attached hydrogen (secondary N) is 1. The molecule has 0 radical (unpaired) electrons. The molecule has 1 fully saturated rings. The molecule has 2 heterocycles. The van der Waals surface area contributed by atoms with Crippen molar-refractivity contribution in [2.75, 3.05) is 85.0 Å². The Morgan fingerprint density at radius 3 is 2.25 bits per heavy atom. The number of nitrogens with zero attached hydrogens (tertiary/aromatic N) is 5. The predicted octanol–water partition coefficient (Wildman–Crippen LogP) is 6.23. The number of ether oxygens (including phenoxy) is 6.